The van der Waals surface area contributed by atoms with Gasteiger partial charge in [-0.1, -0.05) is 6.92 Å². The second-order valence-electron chi connectivity index (χ2n) is 5.21. The average Bonchev–Trinajstić information content (AvgIpc) is 2.84. The molecule has 0 bridgehead atoms. The molecule has 2 aliphatic rings. The zero-order valence-electron chi connectivity index (χ0n) is 11.2. The summed E-state index contributed by atoms with van der Waals surface area (Å²) in [6, 6.07) is 0. The molecule has 2 heterocycles. The fourth-order valence-corrected chi connectivity index (χ4v) is 2.73. The normalized spacial score (nSPS) is 27.7. The molecule has 0 aliphatic carbocycles. The summed E-state index contributed by atoms with van der Waals surface area (Å²) in [5.74, 6) is 0.875. The van der Waals surface area contributed by atoms with Crippen LogP contribution in [0.15, 0.2) is 0 Å². The molecule has 0 aromatic rings. The van der Waals surface area contributed by atoms with Crippen LogP contribution < -0.4 is 5.32 Å². The van der Waals surface area contributed by atoms with Gasteiger partial charge in [-0.15, -0.1) is 0 Å². The summed E-state index contributed by atoms with van der Waals surface area (Å²) in [4.78, 5) is 5.04. The van der Waals surface area contributed by atoms with Gasteiger partial charge in [0.05, 0.1) is 13.2 Å². The van der Waals surface area contributed by atoms with Gasteiger partial charge in [-0.3, -0.25) is 4.90 Å². The van der Waals surface area contributed by atoms with Crippen molar-refractivity contribution >= 4 is 0 Å². The van der Waals surface area contributed by atoms with E-state index in [4.69, 9.17) is 4.74 Å². The Labute approximate surface area is 105 Å². The van der Waals surface area contributed by atoms with Crippen LogP contribution in [0.1, 0.15) is 13.3 Å². The number of likely N-dealkylation sites (tertiary alicyclic amines) is 1. The third-order valence-electron chi connectivity index (χ3n) is 3.96. The van der Waals surface area contributed by atoms with Crippen molar-refractivity contribution in [2.45, 2.75) is 13.3 Å². The molecule has 0 amide bonds. The summed E-state index contributed by atoms with van der Waals surface area (Å²) in [7, 11) is 0. The maximum Gasteiger partial charge on any atom is 0.0594 e. The van der Waals surface area contributed by atoms with Crippen molar-refractivity contribution in [2.75, 3.05) is 65.6 Å². The Hall–Kier alpha value is -0.160. The van der Waals surface area contributed by atoms with Gasteiger partial charge in [-0.05, 0) is 32.0 Å². The van der Waals surface area contributed by atoms with E-state index in [-0.39, 0.29) is 0 Å². The van der Waals surface area contributed by atoms with Gasteiger partial charge in [-0.2, -0.15) is 0 Å². The van der Waals surface area contributed by atoms with Crippen molar-refractivity contribution in [1.82, 2.24) is 15.1 Å². The van der Waals surface area contributed by atoms with Crippen LogP contribution in [0.5, 0.6) is 0 Å². The third-order valence-corrected chi connectivity index (χ3v) is 3.96. The molecule has 0 spiro atoms. The molecule has 0 saturated carbocycles. The van der Waals surface area contributed by atoms with Crippen molar-refractivity contribution in [3.63, 3.8) is 0 Å². The van der Waals surface area contributed by atoms with Crippen molar-refractivity contribution in [2.24, 2.45) is 5.92 Å². The molecule has 100 valence electrons. The highest BCUT2D eigenvalue weighted by Gasteiger charge is 2.20. The van der Waals surface area contributed by atoms with E-state index in [0.717, 1.165) is 38.8 Å². The quantitative estimate of drug-likeness (QED) is 0.675. The fraction of sp³-hybridized carbons (Fsp3) is 1.00. The molecular weight excluding hydrogens is 214 g/mol. The zero-order valence-corrected chi connectivity index (χ0v) is 11.2. The molecule has 0 aromatic carbocycles. The number of hydrogen-bond acceptors (Lipinski definition) is 4. The topological polar surface area (TPSA) is 27.7 Å². The first-order chi connectivity index (χ1) is 8.38. The monoisotopic (exact) mass is 241 g/mol. The number of nitrogens with zero attached hydrogens (tertiary/aromatic N) is 2. The van der Waals surface area contributed by atoms with Crippen LogP contribution in [-0.4, -0.2) is 75.4 Å². The van der Waals surface area contributed by atoms with E-state index in [0.29, 0.717) is 0 Å². The predicted molar refractivity (Wildman–Crippen MR) is 70.3 cm³/mol. The van der Waals surface area contributed by atoms with Crippen LogP contribution in [0.25, 0.3) is 0 Å². The molecular formula is C13H27N3O. The summed E-state index contributed by atoms with van der Waals surface area (Å²) >= 11 is 0. The molecule has 1 atom stereocenters. The van der Waals surface area contributed by atoms with Gasteiger partial charge in [0.25, 0.3) is 0 Å². The number of rotatable bonds is 6. The van der Waals surface area contributed by atoms with Gasteiger partial charge in [0.2, 0.25) is 0 Å². The lowest BCUT2D eigenvalue weighted by Gasteiger charge is -2.26. The highest BCUT2D eigenvalue weighted by atomic mass is 16.5. The Balaban J connectivity index is 1.48. The Kier molecular flexibility index (Phi) is 5.71. The lowest BCUT2D eigenvalue weighted by molar-refractivity contribution is 0.0383. The van der Waals surface area contributed by atoms with E-state index in [1.807, 2.05) is 0 Å². The van der Waals surface area contributed by atoms with Gasteiger partial charge >= 0.3 is 0 Å². The molecule has 4 nitrogen and oxygen atoms in total. The van der Waals surface area contributed by atoms with Gasteiger partial charge in [0.15, 0.2) is 0 Å². The Morgan fingerprint density at radius 2 is 2.00 bits per heavy atom. The van der Waals surface area contributed by atoms with Crippen LogP contribution in [-0.2, 0) is 4.74 Å². The van der Waals surface area contributed by atoms with Crippen LogP contribution in [0.2, 0.25) is 0 Å². The highest BCUT2D eigenvalue weighted by molar-refractivity contribution is 4.76. The Bertz CT molecular complexity index is 207. The lowest BCUT2D eigenvalue weighted by Crippen LogP contribution is -2.41. The minimum Gasteiger partial charge on any atom is -0.379 e. The number of morpholine rings is 1. The van der Waals surface area contributed by atoms with Crippen molar-refractivity contribution < 1.29 is 4.74 Å². The second kappa shape index (κ2) is 7.31. The van der Waals surface area contributed by atoms with Crippen LogP contribution in [0.4, 0.5) is 0 Å². The highest BCUT2D eigenvalue weighted by Crippen LogP contribution is 2.14. The van der Waals surface area contributed by atoms with Gasteiger partial charge < -0.3 is 15.0 Å². The number of ether oxygens (including phenoxy) is 1. The smallest absolute Gasteiger partial charge is 0.0594 e. The van der Waals surface area contributed by atoms with E-state index in [1.165, 1.54) is 39.1 Å². The first kappa shape index (κ1) is 13.3. The standard InChI is InChI=1S/C13H27N3O/c1-2-15-5-3-13(12-15)11-14-4-6-16-7-9-17-10-8-16/h13-14H,2-12H2,1H3. The molecule has 2 rings (SSSR count). The lowest BCUT2D eigenvalue weighted by atomic mass is 10.1. The van der Waals surface area contributed by atoms with Gasteiger partial charge in [-0.25, -0.2) is 0 Å². The summed E-state index contributed by atoms with van der Waals surface area (Å²) in [6.07, 6.45) is 1.37. The summed E-state index contributed by atoms with van der Waals surface area (Å²) < 4.78 is 5.34. The SMILES string of the molecule is CCN1CCC(CNCCN2CCOCC2)C1. The van der Waals surface area contributed by atoms with E-state index >= 15 is 0 Å². The first-order valence-electron chi connectivity index (χ1n) is 7.11. The molecule has 2 aliphatic heterocycles. The van der Waals surface area contributed by atoms with Gasteiger partial charge in [0.1, 0.15) is 0 Å². The van der Waals surface area contributed by atoms with Crippen LogP contribution >= 0.6 is 0 Å². The Morgan fingerprint density at radius 1 is 1.18 bits per heavy atom. The molecule has 0 aromatic heterocycles. The van der Waals surface area contributed by atoms with E-state index in [2.05, 4.69) is 22.0 Å². The number of nitrogens with one attached hydrogen (secondary N) is 1. The molecule has 4 heteroatoms. The molecule has 2 fully saturated rings. The minimum absolute atomic E-state index is 0.875. The van der Waals surface area contributed by atoms with Gasteiger partial charge in [0, 0.05) is 32.7 Å². The number of hydrogen-bond donors (Lipinski definition) is 1. The molecule has 0 radical (unpaired) electrons. The van der Waals surface area contributed by atoms with Crippen molar-refractivity contribution in [3.05, 3.63) is 0 Å². The largest absolute Gasteiger partial charge is 0.379 e. The summed E-state index contributed by atoms with van der Waals surface area (Å²) in [5, 5.41) is 3.61. The molecule has 2 saturated heterocycles. The van der Waals surface area contributed by atoms with Crippen molar-refractivity contribution in [3.8, 4) is 0 Å². The molecule has 1 unspecified atom stereocenters. The van der Waals surface area contributed by atoms with E-state index in [9.17, 15) is 0 Å². The summed E-state index contributed by atoms with van der Waals surface area (Å²) in [6.45, 7) is 13.6. The summed E-state index contributed by atoms with van der Waals surface area (Å²) in [5.41, 5.74) is 0. The fourth-order valence-electron chi connectivity index (χ4n) is 2.73. The first-order valence-corrected chi connectivity index (χ1v) is 7.11. The maximum atomic E-state index is 5.34. The maximum absolute atomic E-state index is 5.34. The van der Waals surface area contributed by atoms with Crippen LogP contribution in [0, 0.1) is 5.92 Å². The van der Waals surface area contributed by atoms with Crippen molar-refractivity contribution in [1.29, 1.82) is 0 Å². The second-order valence-corrected chi connectivity index (χ2v) is 5.21. The molecule has 1 N–H and O–H groups in total. The Morgan fingerprint density at radius 3 is 2.71 bits per heavy atom. The third kappa shape index (κ3) is 4.54. The predicted octanol–water partition coefficient (Wildman–Crippen LogP) is 0.250. The minimum atomic E-state index is 0.875. The van der Waals surface area contributed by atoms with Crippen LogP contribution in [0.3, 0.4) is 0 Å². The average molecular weight is 241 g/mol. The molecule has 17 heavy (non-hydrogen) atoms. The van der Waals surface area contributed by atoms with E-state index < -0.39 is 0 Å². The zero-order chi connectivity index (χ0) is 11.9. The van der Waals surface area contributed by atoms with E-state index in [1.54, 1.807) is 0 Å².